The number of aromatic amines is 2. The maximum Gasteiger partial charge on any atom is 0.411 e. The predicted molar refractivity (Wildman–Crippen MR) is 181 cm³/mol. The molecule has 4 aromatic rings. The standard InChI is InChI=1S/C37H44N6O4/c1-35(2,3)46-33(44)42-20-8-10-30(42)31-40-28-18-16-26(22-29(28)41-31)25-14-11-24(12-15-25)13-17-27-23-38-32(39-27)37(7)19-9-21-43(37)34(45)47-36(4,5)6/h11-12,14-16,18,22-23,30H,8-10,19-21H2,1-7H3,(H,38,39)(H,40,41)/t30-,37+/m0/s1. The number of hydrogen-bond donors (Lipinski definition) is 2. The number of amides is 2. The van der Waals surface area contributed by atoms with Gasteiger partial charge in [0.25, 0.3) is 0 Å². The Balaban J connectivity index is 1.14. The molecule has 0 saturated carbocycles. The Morgan fingerprint density at radius 1 is 0.894 bits per heavy atom. The molecule has 47 heavy (non-hydrogen) atoms. The molecular weight excluding hydrogens is 592 g/mol. The monoisotopic (exact) mass is 636 g/mol. The van der Waals surface area contributed by atoms with E-state index in [2.05, 4.69) is 33.9 Å². The van der Waals surface area contributed by atoms with E-state index in [-0.39, 0.29) is 18.2 Å². The van der Waals surface area contributed by atoms with Crippen LogP contribution in [0.2, 0.25) is 0 Å². The van der Waals surface area contributed by atoms with E-state index in [0.29, 0.717) is 24.6 Å². The molecule has 2 N–H and O–H groups in total. The third-order valence-electron chi connectivity index (χ3n) is 8.59. The highest BCUT2D eigenvalue weighted by Crippen LogP contribution is 2.38. The molecule has 0 radical (unpaired) electrons. The van der Waals surface area contributed by atoms with Gasteiger partial charge in [0.15, 0.2) is 0 Å². The van der Waals surface area contributed by atoms with Gasteiger partial charge in [0.2, 0.25) is 0 Å². The van der Waals surface area contributed by atoms with Crippen LogP contribution in [-0.4, -0.2) is 66.2 Å². The maximum atomic E-state index is 12.9. The molecule has 246 valence electrons. The van der Waals surface area contributed by atoms with Crippen LogP contribution in [0.3, 0.4) is 0 Å². The smallest absolute Gasteiger partial charge is 0.411 e. The zero-order chi connectivity index (χ0) is 33.6. The molecule has 2 aromatic heterocycles. The van der Waals surface area contributed by atoms with Gasteiger partial charge in [-0.2, -0.15) is 0 Å². The lowest BCUT2D eigenvalue weighted by atomic mass is 9.98. The summed E-state index contributed by atoms with van der Waals surface area (Å²) in [7, 11) is 0. The predicted octanol–water partition coefficient (Wildman–Crippen LogP) is 7.67. The van der Waals surface area contributed by atoms with Crippen molar-refractivity contribution >= 4 is 23.2 Å². The first-order chi connectivity index (χ1) is 22.2. The minimum absolute atomic E-state index is 0.130. The number of H-pyrrole nitrogens is 2. The summed E-state index contributed by atoms with van der Waals surface area (Å²) >= 11 is 0. The molecule has 0 aliphatic carbocycles. The highest BCUT2D eigenvalue weighted by Gasteiger charge is 2.45. The van der Waals surface area contributed by atoms with Crippen LogP contribution >= 0.6 is 0 Å². The van der Waals surface area contributed by atoms with Crippen molar-refractivity contribution in [2.24, 2.45) is 0 Å². The highest BCUT2D eigenvalue weighted by molar-refractivity contribution is 5.82. The van der Waals surface area contributed by atoms with E-state index < -0.39 is 16.7 Å². The molecule has 2 aromatic carbocycles. The SMILES string of the molecule is CC(C)(C)OC(=O)N1CCC[C@H]1c1nc2cc(-c3ccc(C#Cc4c[nH]c([C@@]5(C)CCCN5C(=O)OC(C)(C)C)n4)cc3)ccc2[nH]1. The molecule has 0 unspecified atom stereocenters. The van der Waals surface area contributed by atoms with Gasteiger partial charge in [0.05, 0.1) is 17.1 Å². The second-order valence-corrected chi connectivity index (χ2v) is 14.7. The van der Waals surface area contributed by atoms with E-state index in [1.165, 1.54) is 0 Å². The summed E-state index contributed by atoms with van der Waals surface area (Å²) in [5, 5.41) is 0. The van der Waals surface area contributed by atoms with Gasteiger partial charge >= 0.3 is 12.2 Å². The molecule has 2 aliphatic heterocycles. The topological polar surface area (TPSA) is 116 Å². The third-order valence-corrected chi connectivity index (χ3v) is 8.59. The second-order valence-electron chi connectivity index (χ2n) is 14.7. The van der Waals surface area contributed by atoms with Crippen LogP contribution in [0.15, 0.2) is 48.7 Å². The third kappa shape index (κ3) is 6.99. The first-order valence-electron chi connectivity index (χ1n) is 16.4. The summed E-state index contributed by atoms with van der Waals surface area (Å²) in [6.45, 7) is 14.6. The summed E-state index contributed by atoms with van der Waals surface area (Å²) < 4.78 is 11.3. The zero-order valence-corrected chi connectivity index (χ0v) is 28.4. The number of nitrogens with one attached hydrogen (secondary N) is 2. The molecule has 2 aliphatic rings. The number of imidazole rings is 2. The fraction of sp³-hybridized carbons (Fsp3) is 0.459. The Morgan fingerprint density at radius 3 is 2.32 bits per heavy atom. The van der Waals surface area contributed by atoms with Crippen molar-refractivity contribution in [1.29, 1.82) is 0 Å². The fourth-order valence-corrected chi connectivity index (χ4v) is 6.32. The molecule has 0 bridgehead atoms. The summed E-state index contributed by atoms with van der Waals surface area (Å²) in [5.74, 6) is 7.87. The minimum Gasteiger partial charge on any atom is -0.444 e. The summed E-state index contributed by atoms with van der Waals surface area (Å²) in [4.78, 5) is 45.6. The van der Waals surface area contributed by atoms with Crippen LogP contribution in [0.4, 0.5) is 9.59 Å². The van der Waals surface area contributed by atoms with Crippen LogP contribution in [0.1, 0.15) is 103 Å². The van der Waals surface area contributed by atoms with Gasteiger partial charge in [0, 0.05) is 24.8 Å². The van der Waals surface area contributed by atoms with Gasteiger partial charge < -0.3 is 19.4 Å². The number of ether oxygens (including phenoxy) is 2. The van der Waals surface area contributed by atoms with Gasteiger partial charge in [-0.15, -0.1) is 0 Å². The average Bonchev–Trinajstić information content (AvgIpc) is 3.80. The number of fused-ring (bicyclic) bond motifs is 1. The van der Waals surface area contributed by atoms with E-state index in [1.807, 2.05) is 78.8 Å². The van der Waals surface area contributed by atoms with Crippen molar-refractivity contribution in [3.05, 3.63) is 71.6 Å². The Bertz CT molecular complexity index is 1850. The van der Waals surface area contributed by atoms with Crippen molar-refractivity contribution in [2.45, 2.75) is 96.9 Å². The molecule has 2 saturated heterocycles. The molecule has 10 heteroatoms. The molecule has 4 heterocycles. The molecule has 2 atom stereocenters. The molecule has 0 spiro atoms. The highest BCUT2D eigenvalue weighted by atomic mass is 16.6. The number of nitrogens with zero attached hydrogens (tertiary/aromatic N) is 4. The average molecular weight is 637 g/mol. The van der Waals surface area contributed by atoms with Crippen LogP contribution in [0, 0.1) is 11.8 Å². The van der Waals surface area contributed by atoms with E-state index in [9.17, 15) is 9.59 Å². The molecule has 2 amide bonds. The molecular formula is C37H44N6O4. The summed E-state index contributed by atoms with van der Waals surface area (Å²) in [5.41, 5.74) is 3.69. The van der Waals surface area contributed by atoms with Crippen molar-refractivity contribution in [2.75, 3.05) is 13.1 Å². The molecule has 2 fully saturated rings. The zero-order valence-electron chi connectivity index (χ0n) is 28.4. The van der Waals surface area contributed by atoms with Crippen molar-refractivity contribution in [3.8, 4) is 23.0 Å². The Kier molecular flexibility index (Phi) is 8.29. The largest absolute Gasteiger partial charge is 0.444 e. The molecule has 10 nitrogen and oxygen atoms in total. The van der Waals surface area contributed by atoms with Gasteiger partial charge in [0.1, 0.15) is 34.1 Å². The van der Waals surface area contributed by atoms with Gasteiger partial charge in [-0.3, -0.25) is 9.80 Å². The lowest BCUT2D eigenvalue weighted by Gasteiger charge is -2.34. The van der Waals surface area contributed by atoms with Gasteiger partial charge in [-0.25, -0.2) is 19.6 Å². The number of carbonyl (C=O) groups is 2. The molecule has 6 rings (SSSR count). The first-order valence-corrected chi connectivity index (χ1v) is 16.4. The number of benzene rings is 2. The van der Waals surface area contributed by atoms with E-state index in [4.69, 9.17) is 19.4 Å². The number of aromatic nitrogens is 4. The van der Waals surface area contributed by atoms with Crippen molar-refractivity contribution in [3.63, 3.8) is 0 Å². The number of hydrogen-bond acceptors (Lipinski definition) is 6. The fourth-order valence-electron chi connectivity index (χ4n) is 6.32. The Labute approximate surface area is 276 Å². The van der Waals surface area contributed by atoms with Gasteiger partial charge in [-0.05, 0) is 115 Å². The van der Waals surface area contributed by atoms with E-state index >= 15 is 0 Å². The lowest BCUT2D eigenvalue weighted by molar-refractivity contribution is 0.00856. The van der Waals surface area contributed by atoms with E-state index in [1.54, 1.807) is 16.0 Å². The minimum atomic E-state index is -0.575. The van der Waals surface area contributed by atoms with Crippen molar-refractivity contribution in [1.82, 2.24) is 29.7 Å². The lowest BCUT2D eigenvalue weighted by Crippen LogP contribution is -2.46. The summed E-state index contributed by atoms with van der Waals surface area (Å²) in [6, 6.07) is 14.1. The number of likely N-dealkylation sites (tertiary alicyclic amines) is 2. The van der Waals surface area contributed by atoms with Gasteiger partial charge in [-0.1, -0.05) is 24.1 Å². The first kappa shape index (κ1) is 32.2. The van der Waals surface area contributed by atoms with Crippen molar-refractivity contribution < 1.29 is 19.1 Å². The maximum absolute atomic E-state index is 12.9. The van der Waals surface area contributed by atoms with Crippen LogP contribution in [0.5, 0.6) is 0 Å². The van der Waals surface area contributed by atoms with Crippen LogP contribution < -0.4 is 0 Å². The quantitative estimate of drug-likeness (QED) is 0.223. The van der Waals surface area contributed by atoms with E-state index in [0.717, 1.165) is 59.2 Å². The number of rotatable bonds is 3. The normalized spacial score (nSPS) is 19.9. The van der Waals surface area contributed by atoms with Crippen LogP contribution in [-0.2, 0) is 15.0 Å². The Hall–Kier alpha value is -4.78. The second kappa shape index (κ2) is 12.1. The number of carbonyl (C=O) groups excluding carboxylic acids is 2. The summed E-state index contributed by atoms with van der Waals surface area (Å²) in [6.07, 6.45) is 4.60. The van der Waals surface area contributed by atoms with Crippen LogP contribution in [0.25, 0.3) is 22.2 Å². The Morgan fingerprint density at radius 2 is 1.60 bits per heavy atom.